The van der Waals surface area contributed by atoms with E-state index in [9.17, 15) is 4.79 Å². The van der Waals surface area contributed by atoms with Crippen molar-refractivity contribution in [1.82, 2.24) is 25.1 Å². The second-order valence-electron chi connectivity index (χ2n) is 7.12. The van der Waals surface area contributed by atoms with Crippen LogP contribution in [0.1, 0.15) is 16.8 Å². The smallest absolute Gasteiger partial charge is 0.251 e. The lowest BCUT2D eigenvalue weighted by Crippen LogP contribution is -2.37. The minimum absolute atomic E-state index is 0.0361. The van der Waals surface area contributed by atoms with Crippen LogP contribution in [0.15, 0.2) is 72.8 Å². The van der Waals surface area contributed by atoms with E-state index in [4.69, 9.17) is 5.10 Å². The highest BCUT2D eigenvalue weighted by atomic mass is 16.1. The zero-order valence-electron chi connectivity index (χ0n) is 15.8. The van der Waals surface area contributed by atoms with E-state index in [1.54, 1.807) is 4.52 Å². The molecule has 1 fully saturated rings. The maximum atomic E-state index is 12.4. The van der Waals surface area contributed by atoms with Gasteiger partial charge in [-0.05, 0) is 30.7 Å². The summed E-state index contributed by atoms with van der Waals surface area (Å²) in [6.07, 6.45) is 0.881. The number of fused-ring (bicyclic) bond motifs is 1. The number of benzene rings is 2. The lowest BCUT2D eigenvalue weighted by molar-refractivity contribution is 0.0940. The normalized spacial score (nSPS) is 16.3. The zero-order valence-corrected chi connectivity index (χ0v) is 15.8. The number of nitrogens with zero attached hydrogens (tertiary/aromatic N) is 5. The van der Waals surface area contributed by atoms with Gasteiger partial charge in [0.25, 0.3) is 5.91 Å². The van der Waals surface area contributed by atoms with E-state index in [0.717, 1.165) is 36.7 Å². The number of carbonyl (C=O) groups is 1. The first-order valence-corrected chi connectivity index (χ1v) is 9.67. The number of nitrogens with one attached hydrogen (secondary N) is 1. The molecule has 0 radical (unpaired) electrons. The number of carbonyl (C=O) groups excluding carboxylic acids is 1. The number of anilines is 1. The van der Waals surface area contributed by atoms with Crippen molar-refractivity contribution in [2.45, 2.75) is 12.5 Å². The summed E-state index contributed by atoms with van der Waals surface area (Å²) in [5.74, 6) is 1.53. The summed E-state index contributed by atoms with van der Waals surface area (Å²) in [5.41, 5.74) is 2.36. The van der Waals surface area contributed by atoms with Crippen LogP contribution < -0.4 is 10.2 Å². The predicted octanol–water partition coefficient (Wildman–Crippen LogP) is 2.80. The fourth-order valence-corrected chi connectivity index (χ4v) is 3.66. The Labute approximate surface area is 168 Å². The maximum Gasteiger partial charge on any atom is 0.251 e. The fraction of sp³-hybridized carbons (Fsp3) is 0.182. The molecule has 7 heteroatoms. The average molecular weight is 384 g/mol. The molecule has 29 heavy (non-hydrogen) atoms. The van der Waals surface area contributed by atoms with Crippen LogP contribution in [0.2, 0.25) is 0 Å². The van der Waals surface area contributed by atoms with Crippen LogP contribution in [0.3, 0.4) is 0 Å². The molecule has 4 aromatic rings. The molecule has 1 N–H and O–H groups in total. The van der Waals surface area contributed by atoms with Crippen molar-refractivity contribution in [3.63, 3.8) is 0 Å². The molecule has 1 amide bonds. The van der Waals surface area contributed by atoms with E-state index >= 15 is 0 Å². The zero-order chi connectivity index (χ0) is 19.6. The summed E-state index contributed by atoms with van der Waals surface area (Å²) < 4.78 is 1.78. The Hall–Kier alpha value is -3.74. The van der Waals surface area contributed by atoms with Crippen LogP contribution in [-0.2, 0) is 0 Å². The molecule has 5 rings (SSSR count). The molecule has 0 aliphatic carbocycles. The lowest BCUT2D eigenvalue weighted by Gasteiger charge is -2.18. The highest BCUT2D eigenvalue weighted by Crippen LogP contribution is 2.22. The van der Waals surface area contributed by atoms with E-state index in [1.807, 2.05) is 72.8 Å². The van der Waals surface area contributed by atoms with Gasteiger partial charge in [0.1, 0.15) is 5.82 Å². The Kier molecular flexibility index (Phi) is 4.40. The third-order valence-electron chi connectivity index (χ3n) is 5.16. The quantitative estimate of drug-likeness (QED) is 0.586. The molecule has 1 aliphatic heterocycles. The molecule has 3 heterocycles. The average Bonchev–Trinajstić information content (AvgIpc) is 3.41. The van der Waals surface area contributed by atoms with Gasteiger partial charge in [-0.3, -0.25) is 4.79 Å². The van der Waals surface area contributed by atoms with Gasteiger partial charge in [0.15, 0.2) is 11.5 Å². The molecule has 2 aromatic carbocycles. The van der Waals surface area contributed by atoms with Crippen molar-refractivity contribution < 1.29 is 4.79 Å². The van der Waals surface area contributed by atoms with E-state index in [-0.39, 0.29) is 11.9 Å². The third-order valence-corrected chi connectivity index (χ3v) is 5.16. The Balaban J connectivity index is 1.34. The molecule has 0 saturated carbocycles. The van der Waals surface area contributed by atoms with Gasteiger partial charge in [-0.15, -0.1) is 15.3 Å². The molecule has 144 valence electrons. The maximum absolute atomic E-state index is 12.4. The molecule has 0 spiro atoms. The van der Waals surface area contributed by atoms with E-state index in [0.29, 0.717) is 11.2 Å². The van der Waals surface area contributed by atoms with Crippen LogP contribution in [0.25, 0.3) is 17.0 Å². The molecule has 0 bridgehead atoms. The summed E-state index contributed by atoms with van der Waals surface area (Å²) >= 11 is 0. The van der Waals surface area contributed by atoms with Crippen molar-refractivity contribution >= 4 is 17.4 Å². The van der Waals surface area contributed by atoms with Crippen molar-refractivity contribution in [3.8, 4) is 11.4 Å². The first-order valence-electron chi connectivity index (χ1n) is 9.67. The van der Waals surface area contributed by atoms with Gasteiger partial charge in [0.05, 0.1) is 0 Å². The highest BCUT2D eigenvalue weighted by Gasteiger charge is 2.25. The van der Waals surface area contributed by atoms with Gasteiger partial charge in [-0.1, -0.05) is 48.5 Å². The van der Waals surface area contributed by atoms with E-state index < -0.39 is 0 Å². The molecule has 1 unspecified atom stereocenters. The Morgan fingerprint density at radius 3 is 2.48 bits per heavy atom. The number of hydrogen-bond donors (Lipinski definition) is 1. The van der Waals surface area contributed by atoms with Crippen LogP contribution in [-0.4, -0.2) is 44.8 Å². The molecular formula is C22H20N6O. The van der Waals surface area contributed by atoms with Gasteiger partial charge in [-0.25, -0.2) is 0 Å². The molecule has 1 saturated heterocycles. The summed E-state index contributed by atoms with van der Waals surface area (Å²) in [4.78, 5) is 14.6. The number of rotatable bonds is 4. The van der Waals surface area contributed by atoms with E-state index in [2.05, 4.69) is 20.4 Å². The van der Waals surface area contributed by atoms with Crippen LogP contribution in [0, 0.1) is 0 Å². The van der Waals surface area contributed by atoms with Crippen LogP contribution >= 0.6 is 0 Å². The predicted molar refractivity (Wildman–Crippen MR) is 111 cm³/mol. The SMILES string of the molecule is O=C(NC1CCN(c2ccc3nnc(-c4ccccc4)n3n2)C1)c1ccccc1. The second kappa shape index (κ2) is 7.35. The van der Waals surface area contributed by atoms with Crippen molar-refractivity contribution in [3.05, 3.63) is 78.4 Å². The summed E-state index contributed by atoms with van der Waals surface area (Å²) in [6, 6.07) is 23.2. The topological polar surface area (TPSA) is 75.4 Å². The molecule has 2 aromatic heterocycles. The minimum Gasteiger partial charge on any atom is -0.353 e. The number of aromatic nitrogens is 4. The Bertz CT molecular complexity index is 1140. The third kappa shape index (κ3) is 3.42. The summed E-state index contributed by atoms with van der Waals surface area (Å²) in [5, 5.41) is 16.4. The van der Waals surface area contributed by atoms with Crippen LogP contribution in [0.4, 0.5) is 5.82 Å². The van der Waals surface area contributed by atoms with Crippen molar-refractivity contribution in [2.24, 2.45) is 0 Å². The summed E-state index contributed by atoms with van der Waals surface area (Å²) in [7, 11) is 0. The van der Waals surface area contributed by atoms with Gasteiger partial charge >= 0.3 is 0 Å². The van der Waals surface area contributed by atoms with Gasteiger partial charge in [-0.2, -0.15) is 4.52 Å². The highest BCUT2D eigenvalue weighted by molar-refractivity contribution is 5.94. The Morgan fingerprint density at radius 1 is 0.931 bits per heavy atom. The van der Waals surface area contributed by atoms with Gasteiger partial charge < -0.3 is 10.2 Å². The van der Waals surface area contributed by atoms with Gasteiger partial charge in [0.2, 0.25) is 0 Å². The van der Waals surface area contributed by atoms with Gasteiger partial charge in [0, 0.05) is 30.3 Å². The molecular weight excluding hydrogens is 364 g/mol. The minimum atomic E-state index is -0.0361. The number of hydrogen-bond acceptors (Lipinski definition) is 5. The largest absolute Gasteiger partial charge is 0.353 e. The molecule has 7 nitrogen and oxygen atoms in total. The molecule has 1 atom stereocenters. The second-order valence-corrected chi connectivity index (χ2v) is 7.12. The number of amides is 1. The van der Waals surface area contributed by atoms with Crippen molar-refractivity contribution in [2.75, 3.05) is 18.0 Å². The van der Waals surface area contributed by atoms with E-state index in [1.165, 1.54) is 0 Å². The summed E-state index contributed by atoms with van der Waals surface area (Å²) in [6.45, 7) is 1.56. The Morgan fingerprint density at radius 2 is 1.69 bits per heavy atom. The first kappa shape index (κ1) is 17.4. The standard InChI is InChI=1S/C22H20N6O/c29-22(17-9-5-2-6-10-17)23-18-13-14-27(15-18)20-12-11-19-24-25-21(28(19)26-20)16-7-3-1-4-8-16/h1-12,18H,13-15H2,(H,23,29). The lowest BCUT2D eigenvalue weighted by atomic mass is 10.2. The first-order chi connectivity index (χ1) is 14.3. The van der Waals surface area contributed by atoms with Crippen molar-refractivity contribution in [1.29, 1.82) is 0 Å². The fourth-order valence-electron chi connectivity index (χ4n) is 3.66. The van der Waals surface area contributed by atoms with Crippen LogP contribution in [0.5, 0.6) is 0 Å². The monoisotopic (exact) mass is 384 g/mol. The molecule has 1 aliphatic rings.